The molecule has 5 atom stereocenters. The number of carbonyl (C=O) groups is 4. The van der Waals surface area contributed by atoms with Gasteiger partial charge in [0.2, 0.25) is 5.91 Å². The highest BCUT2D eigenvalue weighted by Gasteiger charge is 2.50. The second-order valence-electron chi connectivity index (χ2n) is 12.6. The molecule has 0 bridgehead atoms. The molecule has 9 nitrogen and oxygen atoms in total. The summed E-state index contributed by atoms with van der Waals surface area (Å²) >= 11 is 0. The van der Waals surface area contributed by atoms with Crippen molar-refractivity contribution < 1.29 is 28.7 Å². The van der Waals surface area contributed by atoms with Crippen LogP contribution >= 0.6 is 0 Å². The average Bonchev–Trinajstić information content (AvgIpc) is 3.72. The zero-order valence-electron chi connectivity index (χ0n) is 27.2. The predicted molar refractivity (Wildman–Crippen MR) is 180 cm³/mol. The Hall–Kier alpha value is -4.76. The van der Waals surface area contributed by atoms with E-state index in [2.05, 4.69) is 15.6 Å². The lowest BCUT2D eigenvalue weighted by Gasteiger charge is -2.26. The molecule has 2 amide bonds. The van der Waals surface area contributed by atoms with E-state index in [0.29, 0.717) is 19.4 Å². The van der Waals surface area contributed by atoms with Crippen molar-refractivity contribution in [3.8, 4) is 0 Å². The van der Waals surface area contributed by atoms with Gasteiger partial charge in [-0.05, 0) is 48.4 Å². The molecule has 246 valence electrons. The number of carbonyl (C=O) groups excluding carboxylic acids is 4. The minimum absolute atomic E-state index is 0.0686. The first-order valence-electron chi connectivity index (χ1n) is 16.2. The van der Waals surface area contributed by atoms with Gasteiger partial charge < -0.3 is 25.1 Å². The van der Waals surface area contributed by atoms with Gasteiger partial charge in [0.25, 0.3) is 0 Å². The molecule has 0 saturated carbocycles. The Morgan fingerprint density at radius 3 is 2.19 bits per heavy atom. The smallest absolute Gasteiger partial charge is 0.408 e. The first-order chi connectivity index (χ1) is 22.7. The summed E-state index contributed by atoms with van der Waals surface area (Å²) in [7, 11) is 0. The SMILES string of the molecule is CC[C@H](C)C(NC(=O)OCc1ccccc1)C(=O)C[C@@H](Cc1c[nH]c2ccccc12)C(=O)N[C@@H](Cc1ccccc1)C(=O)C1(C)CO1. The molecular formula is C38H43N3O6. The molecule has 2 unspecified atom stereocenters. The number of nitrogens with one attached hydrogen (secondary N) is 3. The summed E-state index contributed by atoms with van der Waals surface area (Å²) in [5.41, 5.74) is 2.58. The topological polar surface area (TPSA) is 130 Å². The van der Waals surface area contributed by atoms with E-state index in [1.807, 2.05) is 105 Å². The number of benzene rings is 3. The molecule has 5 rings (SSSR count). The summed E-state index contributed by atoms with van der Waals surface area (Å²) in [5, 5.41) is 6.72. The minimum Gasteiger partial charge on any atom is -0.445 e. The Morgan fingerprint density at radius 2 is 1.53 bits per heavy atom. The van der Waals surface area contributed by atoms with Crippen LogP contribution in [-0.2, 0) is 43.3 Å². The third-order valence-electron chi connectivity index (χ3n) is 9.02. The van der Waals surface area contributed by atoms with Gasteiger partial charge in [0.05, 0.1) is 18.7 Å². The molecule has 1 aromatic heterocycles. The molecule has 0 radical (unpaired) electrons. The van der Waals surface area contributed by atoms with Gasteiger partial charge >= 0.3 is 6.09 Å². The van der Waals surface area contributed by atoms with Crippen LogP contribution in [0.25, 0.3) is 10.9 Å². The van der Waals surface area contributed by atoms with Crippen molar-refractivity contribution in [3.63, 3.8) is 0 Å². The first-order valence-corrected chi connectivity index (χ1v) is 16.2. The molecule has 3 aromatic carbocycles. The average molecular weight is 638 g/mol. The first kappa shape index (κ1) is 33.6. The molecule has 47 heavy (non-hydrogen) atoms. The van der Waals surface area contributed by atoms with E-state index in [-0.39, 0.29) is 36.9 Å². The maximum absolute atomic E-state index is 14.2. The van der Waals surface area contributed by atoms with Crippen LogP contribution in [0.3, 0.4) is 0 Å². The molecule has 9 heteroatoms. The summed E-state index contributed by atoms with van der Waals surface area (Å²) in [6.45, 7) is 5.93. The van der Waals surface area contributed by atoms with Gasteiger partial charge in [-0.25, -0.2) is 4.79 Å². The number of epoxide rings is 1. The van der Waals surface area contributed by atoms with E-state index in [1.165, 1.54) is 0 Å². The highest BCUT2D eigenvalue weighted by atomic mass is 16.6. The van der Waals surface area contributed by atoms with Gasteiger partial charge in [-0.2, -0.15) is 0 Å². The summed E-state index contributed by atoms with van der Waals surface area (Å²) in [5.74, 6) is -1.90. The van der Waals surface area contributed by atoms with E-state index in [0.717, 1.165) is 27.6 Å². The van der Waals surface area contributed by atoms with Crippen LogP contribution in [0.1, 0.15) is 50.3 Å². The number of rotatable bonds is 16. The molecule has 2 heterocycles. The van der Waals surface area contributed by atoms with Crippen molar-refractivity contribution in [3.05, 3.63) is 108 Å². The van der Waals surface area contributed by atoms with Gasteiger partial charge in [0.1, 0.15) is 12.2 Å². The quantitative estimate of drug-likeness (QED) is 0.135. The Morgan fingerprint density at radius 1 is 0.894 bits per heavy atom. The molecule has 0 spiro atoms. The molecular weight excluding hydrogens is 594 g/mol. The number of H-pyrrole nitrogens is 1. The summed E-state index contributed by atoms with van der Waals surface area (Å²) < 4.78 is 10.9. The number of fused-ring (bicyclic) bond motifs is 1. The van der Waals surface area contributed by atoms with E-state index in [9.17, 15) is 19.2 Å². The van der Waals surface area contributed by atoms with Crippen molar-refractivity contribution in [2.75, 3.05) is 6.61 Å². The van der Waals surface area contributed by atoms with Crippen molar-refractivity contribution in [1.82, 2.24) is 15.6 Å². The number of alkyl carbamates (subject to hydrolysis) is 1. The molecule has 3 N–H and O–H groups in total. The van der Waals surface area contributed by atoms with E-state index >= 15 is 0 Å². The lowest BCUT2D eigenvalue weighted by Crippen LogP contribution is -2.51. The molecule has 1 aliphatic heterocycles. The zero-order valence-corrected chi connectivity index (χ0v) is 27.2. The fraction of sp³-hybridized carbons (Fsp3) is 0.368. The van der Waals surface area contributed by atoms with Crippen molar-refractivity contribution >= 4 is 34.5 Å². The van der Waals surface area contributed by atoms with Gasteiger partial charge in [-0.1, -0.05) is 99.1 Å². The minimum atomic E-state index is -0.944. The molecule has 0 aliphatic carbocycles. The molecule has 1 saturated heterocycles. The zero-order chi connectivity index (χ0) is 33.4. The Kier molecular flexibility index (Phi) is 10.9. The summed E-state index contributed by atoms with van der Waals surface area (Å²) in [6, 6.07) is 24.9. The number of hydrogen-bond donors (Lipinski definition) is 3. The number of amides is 2. The third-order valence-corrected chi connectivity index (χ3v) is 9.02. The summed E-state index contributed by atoms with van der Waals surface area (Å²) in [4.78, 5) is 57.8. The highest BCUT2D eigenvalue weighted by molar-refractivity contribution is 5.98. The number of ether oxygens (including phenoxy) is 2. The van der Waals surface area contributed by atoms with E-state index < -0.39 is 35.6 Å². The number of aromatic nitrogens is 1. The maximum Gasteiger partial charge on any atom is 0.408 e. The molecule has 1 aliphatic rings. The second kappa shape index (κ2) is 15.2. The van der Waals surface area contributed by atoms with Crippen molar-refractivity contribution in [2.24, 2.45) is 11.8 Å². The van der Waals surface area contributed by atoms with Crippen molar-refractivity contribution in [2.45, 2.75) is 70.7 Å². The van der Waals surface area contributed by atoms with Crippen LogP contribution in [-0.4, -0.2) is 52.8 Å². The predicted octanol–water partition coefficient (Wildman–Crippen LogP) is 5.71. The highest BCUT2D eigenvalue weighted by Crippen LogP contribution is 2.30. The van der Waals surface area contributed by atoms with E-state index in [1.54, 1.807) is 6.92 Å². The van der Waals surface area contributed by atoms with Gasteiger partial charge in [-0.15, -0.1) is 0 Å². The van der Waals surface area contributed by atoms with Gasteiger partial charge in [-0.3, -0.25) is 14.4 Å². The molecule has 1 fully saturated rings. The molecule has 4 aromatic rings. The number of para-hydroxylation sites is 1. The third kappa shape index (κ3) is 8.74. The van der Waals surface area contributed by atoms with Crippen LogP contribution in [0.5, 0.6) is 0 Å². The number of Topliss-reactive ketones (excluding diaryl/α,β-unsaturated/α-hetero) is 2. The Bertz CT molecular complexity index is 1680. The maximum atomic E-state index is 14.2. The largest absolute Gasteiger partial charge is 0.445 e. The number of ketones is 2. The van der Waals surface area contributed by atoms with Crippen LogP contribution < -0.4 is 10.6 Å². The fourth-order valence-electron chi connectivity index (χ4n) is 5.83. The Labute approximate surface area is 275 Å². The second-order valence-corrected chi connectivity index (χ2v) is 12.6. The lowest BCUT2D eigenvalue weighted by atomic mass is 9.86. The van der Waals surface area contributed by atoms with Crippen LogP contribution in [0.4, 0.5) is 4.79 Å². The van der Waals surface area contributed by atoms with Crippen LogP contribution in [0.15, 0.2) is 91.1 Å². The summed E-state index contributed by atoms with van der Waals surface area (Å²) in [6.07, 6.45) is 2.19. The number of aromatic amines is 1. The number of hydrogen-bond acceptors (Lipinski definition) is 6. The van der Waals surface area contributed by atoms with Gasteiger partial charge in [0.15, 0.2) is 11.6 Å². The standard InChI is InChI=1S/C38H43N3O6/c1-4-25(2)34(41-37(45)46-23-27-15-9-6-10-16-27)33(42)21-28(20-29-22-39-31-18-12-11-17-30(29)31)36(44)40-32(35(43)38(3)24-47-38)19-26-13-7-5-8-14-26/h5-18,22,25,28,32,34,39H,4,19-21,23-24H2,1-3H3,(H,40,44)(H,41,45)/t25-,28+,32-,34?,38?/m0/s1. The monoisotopic (exact) mass is 637 g/mol. The fourth-order valence-corrected chi connectivity index (χ4v) is 5.83. The Balaban J connectivity index is 1.37. The normalized spacial score (nSPS) is 18.0. The lowest BCUT2D eigenvalue weighted by molar-refractivity contribution is -0.134. The van der Waals surface area contributed by atoms with Crippen LogP contribution in [0, 0.1) is 11.8 Å². The van der Waals surface area contributed by atoms with Crippen molar-refractivity contribution in [1.29, 1.82) is 0 Å². The van der Waals surface area contributed by atoms with Crippen LogP contribution in [0.2, 0.25) is 0 Å². The van der Waals surface area contributed by atoms with Gasteiger partial charge in [0, 0.05) is 29.4 Å². The van der Waals surface area contributed by atoms with E-state index in [4.69, 9.17) is 9.47 Å².